The standard InChI is InChI=1S/C17H25N3O4/c21-17(22)16-4-1-3-14(18-16)11-20-5-2-8-24-15(13-20)12-19-6-9-23-10-7-19/h1,3-4,15H,2,5-13H2,(H,21,22). The molecule has 1 aromatic rings. The highest BCUT2D eigenvalue weighted by molar-refractivity contribution is 5.85. The quantitative estimate of drug-likeness (QED) is 0.849. The second kappa shape index (κ2) is 8.53. The van der Waals surface area contributed by atoms with E-state index in [9.17, 15) is 4.79 Å². The van der Waals surface area contributed by atoms with E-state index in [1.165, 1.54) is 6.07 Å². The van der Waals surface area contributed by atoms with E-state index in [1.807, 2.05) is 6.07 Å². The summed E-state index contributed by atoms with van der Waals surface area (Å²) >= 11 is 0. The van der Waals surface area contributed by atoms with E-state index in [2.05, 4.69) is 14.8 Å². The van der Waals surface area contributed by atoms with Crippen molar-refractivity contribution in [1.29, 1.82) is 0 Å². The summed E-state index contributed by atoms with van der Waals surface area (Å²) in [4.78, 5) is 20.0. The van der Waals surface area contributed by atoms with Gasteiger partial charge in [-0.05, 0) is 18.6 Å². The van der Waals surface area contributed by atoms with Gasteiger partial charge < -0.3 is 14.6 Å². The van der Waals surface area contributed by atoms with Crippen LogP contribution in [0.4, 0.5) is 0 Å². The lowest BCUT2D eigenvalue weighted by atomic mass is 10.2. The van der Waals surface area contributed by atoms with Crippen LogP contribution in [0.3, 0.4) is 0 Å². The highest BCUT2D eigenvalue weighted by Crippen LogP contribution is 2.12. The fraction of sp³-hybridized carbons (Fsp3) is 0.647. The van der Waals surface area contributed by atoms with Crippen LogP contribution in [0.1, 0.15) is 22.6 Å². The fourth-order valence-corrected chi connectivity index (χ4v) is 3.21. The average molecular weight is 335 g/mol. The fourth-order valence-electron chi connectivity index (χ4n) is 3.21. The van der Waals surface area contributed by atoms with Gasteiger partial charge in [0.25, 0.3) is 0 Å². The molecule has 2 saturated heterocycles. The third-order valence-corrected chi connectivity index (χ3v) is 4.41. The van der Waals surface area contributed by atoms with Crippen LogP contribution in [0.25, 0.3) is 0 Å². The smallest absolute Gasteiger partial charge is 0.354 e. The van der Waals surface area contributed by atoms with Gasteiger partial charge in [0.15, 0.2) is 0 Å². The molecule has 7 nitrogen and oxygen atoms in total. The van der Waals surface area contributed by atoms with Gasteiger partial charge in [0, 0.05) is 45.9 Å². The SMILES string of the molecule is O=C(O)c1cccc(CN2CCCOC(CN3CCOCC3)C2)n1. The summed E-state index contributed by atoms with van der Waals surface area (Å²) in [5.74, 6) is -0.985. The molecular formula is C17H25N3O4. The number of ether oxygens (including phenoxy) is 2. The molecule has 2 aliphatic rings. The van der Waals surface area contributed by atoms with Crippen LogP contribution in [0.15, 0.2) is 18.2 Å². The van der Waals surface area contributed by atoms with E-state index in [0.29, 0.717) is 6.54 Å². The number of hydrogen-bond acceptors (Lipinski definition) is 6. The van der Waals surface area contributed by atoms with E-state index in [1.54, 1.807) is 6.07 Å². The molecule has 0 radical (unpaired) electrons. The van der Waals surface area contributed by atoms with Gasteiger partial charge in [-0.2, -0.15) is 0 Å². The first-order valence-corrected chi connectivity index (χ1v) is 8.54. The number of nitrogens with zero attached hydrogens (tertiary/aromatic N) is 3. The Morgan fingerprint density at radius 3 is 2.83 bits per heavy atom. The van der Waals surface area contributed by atoms with Gasteiger partial charge in [-0.25, -0.2) is 9.78 Å². The van der Waals surface area contributed by atoms with Crippen molar-refractivity contribution < 1.29 is 19.4 Å². The Balaban J connectivity index is 1.58. The van der Waals surface area contributed by atoms with Crippen molar-refractivity contribution in [3.05, 3.63) is 29.6 Å². The van der Waals surface area contributed by atoms with Crippen LogP contribution >= 0.6 is 0 Å². The summed E-state index contributed by atoms with van der Waals surface area (Å²) in [5.41, 5.74) is 0.894. The normalized spacial score (nSPS) is 23.8. The number of carbonyl (C=O) groups is 1. The summed E-state index contributed by atoms with van der Waals surface area (Å²) in [5, 5.41) is 9.07. The van der Waals surface area contributed by atoms with Gasteiger partial charge >= 0.3 is 5.97 Å². The number of aromatic carboxylic acids is 1. The van der Waals surface area contributed by atoms with E-state index in [0.717, 1.165) is 64.7 Å². The minimum atomic E-state index is -0.985. The summed E-state index contributed by atoms with van der Waals surface area (Å²) in [6.45, 7) is 7.64. The largest absolute Gasteiger partial charge is 0.477 e. The van der Waals surface area contributed by atoms with Gasteiger partial charge in [0.1, 0.15) is 5.69 Å². The molecule has 0 spiro atoms. The van der Waals surface area contributed by atoms with Crippen molar-refractivity contribution in [3.63, 3.8) is 0 Å². The molecule has 0 aliphatic carbocycles. The highest BCUT2D eigenvalue weighted by atomic mass is 16.5. The lowest BCUT2D eigenvalue weighted by molar-refractivity contribution is -0.0123. The minimum absolute atomic E-state index is 0.100. The molecule has 0 saturated carbocycles. The molecule has 0 amide bonds. The topological polar surface area (TPSA) is 75.1 Å². The molecule has 3 rings (SSSR count). The van der Waals surface area contributed by atoms with E-state index in [4.69, 9.17) is 14.6 Å². The van der Waals surface area contributed by atoms with Crippen molar-refractivity contribution in [3.8, 4) is 0 Å². The maximum atomic E-state index is 11.1. The van der Waals surface area contributed by atoms with Crippen molar-refractivity contribution in [2.45, 2.75) is 19.1 Å². The molecule has 1 aromatic heterocycles. The predicted octanol–water partition coefficient (Wildman–Crippen LogP) is 0.703. The molecule has 1 unspecified atom stereocenters. The lowest BCUT2D eigenvalue weighted by Gasteiger charge is -2.31. The van der Waals surface area contributed by atoms with Gasteiger partial charge in [-0.3, -0.25) is 9.80 Å². The highest BCUT2D eigenvalue weighted by Gasteiger charge is 2.23. The molecule has 1 N–H and O–H groups in total. The number of rotatable bonds is 5. The number of aromatic nitrogens is 1. The van der Waals surface area contributed by atoms with Crippen LogP contribution < -0.4 is 0 Å². The zero-order valence-electron chi connectivity index (χ0n) is 13.9. The van der Waals surface area contributed by atoms with Gasteiger partial charge in [0.05, 0.1) is 25.0 Å². The predicted molar refractivity (Wildman–Crippen MR) is 88.1 cm³/mol. The molecule has 2 fully saturated rings. The molecular weight excluding hydrogens is 310 g/mol. The third kappa shape index (κ3) is 4.98. The first-order chi connectivity index (χ1) is 11.7. The zero-order valence-corrected chi connectivity index (χ0v) is 13.9. The van der Waals surface area contributed by atoms with Crippen LogP contribution in [0.2, 0.25) is 0 Å². The van der Waals surface area contributed by atoms with Gasteiger partial charge in [-0.15, -0.1) is 0 Å². The average Bonchev–Trinajstić information content (AvgIpc) is 2.81. The summed E-state index contributed by atoms with van der Waals surface area (Å²) in [6.07, 6.45) is 1.16. The van der Waals surface area contributed by atoms with Gasteiger partial charge in [-0.1, -0.05) is 6.07 Å². The van der Waals surface area contributed by atoms with E-state index >= 15 is 0 Å². The van der Waals surface area contributed by atoms with Crippen molar-refractivity contribution >= 4 is 5.97 Å². The van der Waals surface area contributed by atoms with Crippen LogP contribution in [-0.2, 0) is 16.0 Å². The molecule has 3 heterocycles. The molecule has 0 aromatic carbocycles. The molecule has 2 aliphatic heterocycles. The van der Waals surface area contributed by atoms with Crippen LogP contribution in [-0.4, -0.2) is 84.5 Å². The second-order valence-corrected chi connectivity index (χ2v) is 6.31. The lowest BCUT2D eigenvalue weighted by Crippen LogP contribution is -2.44. The Hall–Kier alpha value is -1.54. The van der Waals surface area contributed by atoms with Gasteiger partial charge in [0.2, 0.25) is 0 Å². The molecule has 7 heteroatoms. The van der Waals surface area contributed by atoms with E-state index < -0.39 is 5.97 Å². The Labute approximate surface area is 142 Å². The first kappa shape index (κ1) is 17.3. The van der Waals surface area contributed by atoms with Crippen molar-refractivity contribution in [2.75, 3.05) is 52.5 Å². The van der Waals surface area contributed by atoms with Crippen LogP contribution in [0.5, 0.6) is 0 Å². The summed E-state index contributed by atoms with van der Waals surface area (Å²) < 4.78 is 11.4. The summed E-state index contributed by atoms with van der Waals surface area (Å²) in [6, 6.07) is 5.17. The third-order valence-electron chi connectivity index (χ3n) is 4.41. The Morgan fingerprint density at radius 1 is 1.21 bits per heavy atom. The monoisotopic (exact) mass is 335 g/mol. The maximum Gasteiger partial charge on any atom is 0.354 e. The minimum Gasteiger partial charge on any atom is -0.477 e. The molecule has 24 heavy (non-hydrogen) atoms. The number of carboxylic acid groups (broad SMARTS) is 1. The Kier molecular flexibility index (Phi) is 6.14. The summed E-state index contributed by atoms with van der Waals surface area (Å²) in [7, 11) is 0. The molecule has 132 valence electrons. The van der Waals surface area contributed by atoms with E-state index in [-0.39, 0.29) is 11.8 Å². The molecule has 0 bridgehead atoms. The number of morpholine rings is 1. The second-order valence-electron chi connectivity index (χ2n) is 6.31. The maximum absolute atomic E-state index is 11.1. The van der Waals surface area contributed by atoms with Crippen molar-refractivity contribution in [2.24, 2.45) is 0 Å². The Morgan fingerprint density at radius 2 is 2.04 bits per heavy atom. The number of carboxylic acids is 1. The Bertz CT molecular complexity index is 548. The zero-order chi connectivity index (χ0) is 16.8. The van der Waals surface area contributed by atoms with Crippen LogP contribution in [0, 0.1) is 0 Å². The number of pyridine rings is 1. The van der Waals surface area contributed by atoms with Crippen molar-refractivity contribution in [1.82, 2.24) is 14.8 Å². The first-order valence-electron chi connectivity index (χ1n) is 8.54. The molecule has 1 atom stereocenters. The number of hydrogen-bond donors (Lipinski definition) is 1.